The molecule has 1 aromatic carbocycles. The average Bonchev–Trinajstić information content (AvgIpc) is 3.07. The number of pyridine rings is 1. The number of nitrogens with zero attached hydrogens (tertiary/aromatic N) is 4. The van der Waals surface area contributed by atoms with Gasteiger partial charge >= 0.3 is 0 Å². The first-order valence-electron chi connectivity index (χ1n) is 8.66. The molecule has 28 heavy (non-hydrogen) atoms. The Morgan fingerprint density at radius 3 is 2.61 bits per heavy atom. The molecule has 4 rings (SSSR count). The molecule has 0 radical (unpaired) electrons. The Hall–Kier alpha value is -2.70. The van der Waals surface area contributed by atoms with Crippen LogP contribution in [0.4, 0.5) is 10.2 Å². The van der Waals surface area contributed by atoms with Gasteiger partial charge in [0.05, 0.1) is 28.0 Å². The third-order valence-electron chi connectivity index (χ3n) is 4.17. The van der Waals surface area contributed by atoms with Gasteiger partial charge in [-0.05, 0) is 44.2 Å². The van der Waals surface area contributed by atoms with E-state index in [9.17, 15) is 4.39 Å². The highest BCUT2D eigenvalue weighted by atomic mass is 35.5. The number of hydrogen-bond donors (Lipinski definition) is 1. The third kappa shape index (κ3) is 3.30. The zero-order valence-electron chi connectivity index (χ0n) is 15.1. The minimum atomic E-state index is -0.422. The molecule has 8 heteroatoms. The lowest BCUT2D eigenvalue weighted by atomic mass is 10.1. The standard InChI is InChI=1S/C20H16Cl2FN5/c1-11(2)26-20-17(13-7-6-12(23)9-15(13)21)18(22)27-19-14(10-25-28(19)20)16-5-3-4-8-24-16/h3-11,26H,1-2H3. The molecule has 0 saturated carbocycles. The fraction of sp³-hybridized carbons (Fsp3) is 0.150. The summed E-state index contributed by atoms with van der Waals surface area (Å²) in [5.74, 6) is 0.203. The molecule has 0 atom stereocenters. The number of hydrogen-bond acceptors (Lipinski definition) is 4. The predicted molar refractivity (Wildman–Crippen MR) is 110 cm³/mol. The lowest BCUT2D eigenvalue weighted by Crippen LogP contribution is -2.15. The van der Waals surface area contributed by atoms with E-state index >= 15 is 0 Å². The van der Waals surface area contributed by atoms with E-state index in [1.54, 1.807) is 23.0 Å². The van der Waals surface area contributed by atoms with Gasteiger partial charge in [0.15, 0.2) is 5.65 Å². The number of rotatable bonds is 4. The van der Waals surface area contributed by atoms with Gasteiger partial charge in [-0.3, -0.25) is 4.98 Å². The predicted octanol–water partition coefficient (Wildman–Crippen LogP) is 5.72. The van der Waals surface area contributed by atoms with Crippen LogP contribution in [0.25, 0.3) is 28.0 Å². The SMILES string of the molecule is CC(C)Nc1c(-c2ccc(F)cc2Cl)c(Cl)nc2c(-c3ccccn3)cnn12. The maximum atomic E-state index is 13.5. The lowest BCUT2D eigenvalue weighted by molar-refractivity contribution is 0.628. The van der Waals surface area contributed by atoms with Gasteiger partial charge in [-0.25, -0.2) is 9.37 Å². The highest BCUT2D eigenvalue weighted by Crippen LogP contribution is 2.40. The summed E-state index contributed by atoms with van der Waals surface area (Å²) in [7, 11) is 0. The highest BCUT2D eigenvalue weighted by Gasteiger charge is 2.22. The molecule has 0 fully saturated rings. The van der Waals surface area contributed by atoms with Crippen molar-refractivity contribution in [2.75, 3.05) is 5.32 Å². The van der Waals surface area contributed by atoms with Crippen LogP contribution in [0.5, 0.6) is 0 Å². The molecule has 4 aromatic rings. The Labute approximate surface area is 171 Å². The van der Waals surface area contributed by atoms with E-state index in [1.165, 1.54) is 12.1 Å². The minimum Gasteiger partial charge on any atom is -0.367 e. The quantitative estimate of drug-likeness (QED) is 0.432. The Morgan fingerprint density at radius 2 is 1.93 bits per heavy atom. The van der Waals surface area contributed by atoms with Crippen LogP contribution in [-0.4, -0.2) is 25.6 Å². The minimum absolute atomic E-state index is 0.0853. The number of anilines is 1. The molecule has 0 saturated heterocycles. The Bertz CT molecular complexity index is 1160. The van der Waals surface area contributed by atoms with Gasteiger partial charge in [0.25, 0.3) is 0 Å². The average molecular weight is 416 g/mol. The monoisotopic (exact) mass is 415 g/mol. The van der Waals surface area contributed by atoms with E-state index < -0.39 is 5.82 Å². The summed E-state index contributed by atoms with van der Waals surface area (Å²) >= 11 is 12.9. The second-order valence-electron chi connectivity index (χ2n) is 6.56. The van der Waals surface area contributed by atoms with Crippen LogP contribution in [0.15, 0.2) is 48.8 Å². The first-order valence-corrected chi connectivity index (χ1v) is 9.42. The summed E-state index contributed by atoms with van der Waals surface area (Å²) in [4.78, 5) is 8.93. The molecule has 0 aliphatic carbocycles. The second kappa shape index (κ2) is 7.37. The van der Waals surface area contributed by atoms with Gasteiger partial charge in [0.1, 0.15) is 16.8 Å². The summed E-state index contributed by atoms with van der Waals surface area (Å²) in [6, 6.07) is 9.88. The smallest absolute Gasteiger partial charge is 0.168 e. The van der Waals surface area contributed by atoms with E-state index in [2.05, 4.69) is 20.4 Å². The second-order valence-corrected chi connectivity index (χ2v) is 7.32. The zero-order chi connectivity index (χ0) is 19.8. The van der Waals surface area contributed by atoms with Crippen molar-refractivity contribution in [2.24, 2.45) is 0 Å². The Kier molecular flexibility index (Phi) is 4.91. The number of aromatic nitrogens is 4. The Balaban J connectivity index is 2.02. The van der Waals surface area contributed by atoms with Crippen LogP contribution in [0, 0.1) is 5.82 Å². The molecule has 0 bridgehead atoms. The molecule has 3 heterocycles. The normalized spacial score (nSPS) is 11.4. The van der Waals surface area contributed by atoms with E-state index in [4.69, 9.17) is 23.2 Å². The molecule has 0 spiro atoms. The maximum Gasteiger partial charge on any atom is 0.168 e. The van der Waals surface area contributed by atoms with Crippen LogP contribution in [0.3, 0.4) is 0 Å². The summed E-state index contributed by atoms with van der Waals surface area (Å²) in [6.07, 6.45) is 3.41. The highest BCUT2D eigenvalue weighted by molar-refractivity contribution is 6.36. The van der Waals surface area contributed by atoms with Gasteiger partial charge in [0, 0.05) is 17.8 Å². The molecule has 0 unspecified atom stereocenters. The fourth-order valence-corrected chi connectivity index (χ4v) is 3.54. The van der Waals surface area contributed by atoms with E-state index in [1.807, 2.05) is 32.0 Å². The molecule has 3 aromatic heterocycles. The van der Waals surface area contributed by atoms with Crippen LogP contribution in [0.1, 0.15) is 13.8 Å². The van der Waals surface area contributed by atoms with Gasteiger partial charge < -0.3 is 5.32 Å². The number of nitrogens with one attached hydrogen (secondary N) is 1. The van der Waals surface area contributed by atoms with E-state index in [0.717, 1.165) is 11.3 Å². The Morgan fingerprint density at radius 1 is 1.11 bits per heavy atom. The van der Waals surface area contributed by atoms with Crippen molar-refractivity contribution in [3.8, 4) is 22.4 Å². The van der Waals surface area contributed by atoms with E-state index in [-0.39, 0.29) is 16.2 Å². The molecule has 0 aliphatic rings. The molecule has 142 valence electrons. The number of benzene rings is 1. The van der Waals surface area contributed by atoms with Crippen molar-refractivity contribution < 1.29 is 4.39 Å². The van der Waals surface area contributed by atoms with Crippen molar-refractivity contribution in [3.63, 3.8) is 0 Å². The molecule has 1 N–H and O–H groups in total. The van der Waals surface area contributed by atoms with Crippen molar-refractivity contribution in [3.05, 3.63) is 64.8 Å². The van der Waals surface area contributed by atoms with Gasteiger partial charge in [-0.2, -0.15) is 9.61 Å². The van der Waals surface area contributed by atoms with Crippen molar-refractivity contribution in [1.29, 1.82) is 0 Å². The fourth-order valence-electron chi connectivity index (χ4n) is 3.01. The van der Waals surface area contributed by atoms with E-state index in [0.29, 0.717) is 22.6 Å². The third-order valence-corrected chi connectivity index (χ3v) is 4.76. The summed E-state index contributed by atoms with van der Waals surface area (Å²) in [5.41, 5.74) is 3.19. The number of fused-ring (bicyclic) bond motifs is 1. The molecular formula is C20H16Cl2FN5. The van der Waals surface area contributed by atoms with Gasteiger partial charge in [-0.1, -0.05) is 29.3 Å². The van der Waals surface area contributed by atoms with Crippen molar-refractivity contribution in [1.82, 2.24) is 19.6 Å². The molecule has 5 nitrogen and oxygen atoms in total. The zero-order valence-corrected chi connectivity index (χ0v) is 16.6. The van der Waals surface area contributed by atoms with Crippen LogP contribution >= 0.6 is 23.2 Å². The summed E-state index contributed by atoms with van der Waals surface area (Å²) in [5, 5.41) is 8.34. The molecular weight excluding hydrogens is 400 g/mol. The summed E-state index contributed by atoms with van der Waals surface area (Å²) < 4.78 is 15.2. The number of halogens is 3. The van der Waals surface area contributed by atoms with Crippen LogP contribution in [-0.2, 0) is 0 Å². The van der Waals surface area contributed by atoms with Crippen LogP contribution in [0.2, 0.25) is 10.2 Å². The first-order chi connectivity index (χ1) is 13.5. The van der Waals surface area contributed by atoms with Crippen molar-refractivity contribution >= 4 is 34.7 Å². The topological polar surface area (TPSA) is 55.1 Å². The largest absolute Gasteiger partial charge is 0.367 e. The molecule has 0 amide bonds. The molecule has 0 aliphatic heterocycles. The van der Waals surface area contributed by atoms with Crippen LogP contribution < -0.4 is 5.32 Å². The first kappa shape index (κ1) is 18.7. The van der Waals surface area contributed by atoms with Gasteiger partial charge in [-0.15, -0.1) is 0 Å². The lowest BCUT2D eigenvalue weighted by Gasteiger charge is -2.18. The van der Waals surface area contributed by atoms with Gasteiger partial charge in [0.2, 0.25) is 0 Å². The maximum absolute atomic E-state index is 13.5. The van der Waals surface area contributed by atoms with Crippen molar-refractivity contribution in [2.45, 2.75) is 19.9 Å². The summed E-state index contributed by atoms with van der Waals surface area (Å²) in [6.45, 7) is 4.00.